The van der Waals surface area contributed by atoms with E-state index in [4.69, 9.17) is 16.0 Å². The van der Waals surface area contributed by atoms with Crippen molar-refractivity contribution in [1.29, 1.82) is 0 Å². The molecule has 0 fully saturated rings. The van der Waals surface area contributed by atoms with Gasteiger partial charge >= 0.3 is 0 Å². The average molecular weight is 402 g/mol. The Bertz CT molecular complexity index is 1070. The Kier molecular flexibility index (Phi) is 5.60. The first-order chi connectivity index (χ1) is 13.3. The lowest BCUT2D eigenvalue weighted by molar-refractivity contribution is -0.385. The van der Waals surface area contributed by atoms with Gasteiger partial charge in [-0.2, -0.15) is 0 Å². The second kappa shape index (κ2) is 8.10. The zero-order chi connectivity index (χ0) is 20.3. The molecular weight excluding hydrogens is 386 g/mol. The zero-order valence-electron chi connectivity index (χ0n) is 14.9. The van der Waals surface area contributed by atoms with Gasteiger partial charge in [0.25, 0.3) is 11.2 Å². The van der Waals surface area contributed by atoms with Crippen LogP contribution in [0.2, 0.25) is 5.02 Å². The number of amides is 1. The number of carbonyl (C=O) groups excluding carboxylic acids is 1. The van der Waals surface area contributed by atoms with Crippen LogP contribution in [-0.2, 0) is 17.9 Å². The van der Waals surface area contributed by atoms with E-state index in [0.717, 1.165) is 28.5 Å². The third kappa shape index (κ3) is 4.47. The second-order valence-corrected chi connectivity index (χ2v) is 6.57. The normalized spacial score (nSPS) is 10.6. The quantitative estimate of drug-likeness (QED) is 0.466. The highest BCUT2D eigenvalue weighted by molar-refractivity contribution is 6.30. The number of furan rings is 1. The Labute approximate surface area is 164 Å². The Morgan fingerprint density at radius 2 is 1.89 bits per heavy atom. The summed E-state index contributed by atoms with van der Waals surface area (Å²) in [5, 5.41) is 11.5. The van der Waals surface area contributed by atoms with Crippen LogP contribution in [0.5, 0.6) is 0 Å². The van der Waals surface area contributed by atoms with E-state index in [1.54, 1.807) is 31.3 Å². The molecule has 0 aliphatic carbocycles. The molecule has 8 nitrogen and oxygen atoms in total. The maximum absolute atomic E-state index is 12.4. The first-order valence-electron chi connectivity index (χ1n) is 8.27. The Balaban J connectivity index is 1.68. The van der Waals surface area contributed by atoms with Gasteiger partial charge < -0.3 is 9.32 Å². The predicted molar refractivity (Wildman–Crippen MR) is 103 cm³/mol. The number of hydrogen-bond donors (Lipinski definition) is 0. The summed E-state index contributed by atoms with van der Waals surface area (Å²) in [5.41, 5.74) is 0.108. The van der Waals surface area contributed by atoms with E-state index < -0.39 is 10.5 Å². The van der Waals surface area contributed by atoms with E-state index >= 15 is 0 Å². The summed E-state index contributed by atoms with van der Waals surface area (Å²) in [6, 6.07) is 12.9. The summed E-state index contributed by atoms with van der Waals surface area (Å²) in [7, 11) is 1.56. The molecule has 0 aliphatic rings. The van der Waals surface area contributed by atoms with Crippen molar-refractivity contribution in [3.63, 3.8) is 0 Å². The number of carbonyl (C=O) groups is 1. The molecule has 3 rings (SSSR count). The number of nitrogens with zero attached hydrogens (tertiary/aromatic N) is 3. The number of hydrogen-bond acceptors (Lipinski definition) is 5. The van der Waals surface area contributed by atoms with Crippen LogP contribution in [0.3, 0.4) is 0 Å². The highest BCUT2D eigenvalue weighted by Gasteiger charge is 2.15. The standard InChI is InChI=1S/C19H16ClN3O5/c1-21(19(25)12-22-10-15(23(26)27)6-9-18(22)24)11-16-7-8-17(28-16)13-2-4-14(20)5-3-13/h2-10H,11-12H2,1H3. The molecule has 0 saturated heterocycles. The van der Waals surface area contributed by atoms with Crippen LogP contribution in [0.1, 0.15) is 5.76 Å². The van der Waals surface area contributed by atoms with Crippen LogP contribution >= 0.6 is 11.6 Å². The molecule has 0 aliphatic heterocycles. The third-order valence-corrected chi connectivity index (χ3v) is 4.35. The molecule has 1 amide bonds. The van der Waals surface area contributed by atoms with Crippen molar-refractivity contribution >= 4 is 23.2 Å². The summed E-state index contributed by atoms with van der Waals surface area (Å²) < 4.78 is 6.77. The summed E-state index contributed by atoms with van der Waals surface area (Å²) in [4.78, 5) is 35.8. The fourth-order valence-corrected chi connectivity index (χ4v) is 2.70. The van der Waals surface area contributed by atoms with Gasteiger partial charge in [0.05, 0.1) is 17.7 Å². The Hall–Kier alpha value is -3.39. The van der Waals surface area contributed by atoms with Crippen LogP contribution in [0.4, 0.5) is 5.69 Å². The summed E-state index contributed by atoms with van der Waals surface area (Å²) in [6.07, 6.45) is 1.06. The molecular formula is C19H16ClN3O5. The molecule has 0 unspecified atom stereocenters. The number of rotatable bonds is 6. The highest BCUT2D eigenvalue weighted by atomic mass is 35.5. The molecule has 0 N–H and O–H groups in total. The van der Waals surface area contributed by atoms with Crippen LogP contribution < -0.4 is 5.56 Å². The lowest BCUT2D eigenvalue weighted by Crippen LogP contribution is -2.33. The van der Waals surface area contributed by atoms with Gasteiger partial charge in [-0.05, 0) is 36.4 Å². The smallest absolute Gasteiger partial charge is 0.285 e. The lowest BCUT2D eigenvalue weighted by Gasteiger charge is -2.16. The SMILES string of the molecule is CN(Cc1ccc(-c2ccc(Cl)cc2)o1)C(=O)Cn1cc([N+](=O)[O-])ccc1=O. The van der Waals surface area contributed by atoms with E-state index in [0.29, 0.717) is 16.5 Å². The predicted octanol–water partition coefficient (Wildman–Crippen LogP) is 3.33. The van der Waals surface area contributed by atoms with Gasteiger partial charge in [-0.25, -0.2) is 0 Å². The first-order valence-corrected chi connectivity index (χ1v) is 8.65. The fraction of sp³-hybridized carbons (Fsp3) is 0.158. The minimum absolute atomic E-state index is 0.191. The number of aromatic nitrogens is 1. The molecule has 2 heterocycles. The maximum atomic E-state index is 12.4. The molecule has 144 valence electrons. The van der Waals surface area contributed by atoms with Crippen molar-refractivity contribution in [3.8, 4) is 11.3 Å². The minimum Gasteiger partial charge on any atom is -0.459 e. The minimum atomic E-state index is -0.620. The van der Waals surface area contributed by atoms with Gasteiger partial charge in [0.15, 0.2) is 0 Å². The van der Waals surface area contributed by atoms with Gasteiger partial charge in [0.2, 0.25) is 5.91 Å². The van der Waals surface area contributed by atoms with E-state index in [9.17, 15) is 19.7 Å². The Morgan fingerprint density at radius 1 is 1.18 bits per heavy atom. The maximum Gasteiger partial charge on any atom is 0.285 e. The number of benzene rings is 1. The highest BCUT2D eigenvalue weighted by Crippen LogP contribution is 2.24. The molecule has 0 atom stereocenters. The monoisotopic (exact) mass is 401 g/mol. The average Bonchev–Trinajstić information content (AvgIpc) is 3.12. The summed E-state index contributed by atoms with van der Waals surface area (Å²) in [5.74, 6) is 0.821. The van der Waals surface area contributed by atoms with E-state index in [1.165, 1.54) is 4.90 Å². The second-order valence-electron chi connectivity index (χ2n) is 6.13. The van der Waals surface area contributed by atoms with E-state index in [2.05, 4.69) is 0 Å². The summed E-state index contributed by atoms with van der Waals surface area (Å²) >= 11 is 5.88. The first kappa shape index (κ1) is 19.4. The number of pyridine rings is 1. The van der Waals surface area contributed by atoms with Crippen molar-refractivity contribution in [3.05, 3.63) is 86.0 Å². The van der Waals surface area contributed by atoms with Crippen molar-refractivity contribution < 1.29 is 14.1 Å². The molecule has 0 saturated carbocycles. The molecule has 3 aromatic rings. The topological polar surface area (TPSA) is 98.6 Å². The number of likely N-dealkylation sites (N-methyl/N-ethyl adjacent to an activating group) is 1. The van der Waals surface area contributed by atoms with Crippen LogP contribution in [0, 0.1) is 10.1 Å². The van der Waals surface area contributed by atoms with Gasteiger partial charge in [0.1, 0.15) is 18.1 Å². The van der Waals surface area contributed by atoms with Crippen molar-refractivity contribution in [2.75, 3.05) is 7.05 Å². The molecule has 0 bridgehead atoms. The van der Waals surface area contributed by atoms with Crippen LogP contribution in [0.15, 0.2) is 63.9 Å². The third-order valence-electron chi connectivity index (χ3n) is 4.09. The zero-order valence-corrected chi connectivity index (χ0v) is 15.6. The van der Waals surface area contributed by atoms with Crippen molar-refractivity contribution in [2.45, 2.75) is 13.1 Å². The van der Waals surface area contributed by atoms with Gasteiger partial charge in [0, 0.05) is 29.8 Å². The van der Waals surface area contributed by atoms with Gasteiger partial charge in [-0.15, -0.1) is 0 Å². The molecule has 28 heavy (non-hydrogen) atoms. The number of halogens is 1. The van der Waals surface area contributed by atoms with Crippen LogP contribution in [-0.4, -0.2) is 27.3 Å². The van der Waals surface area contributed by atoms with E-state index in [-0.39, 0.29) is 24.7 Å². The van der Waals surface area contributed by atoms with E-state index in [1.807, 2.05) is 12.1 Å². The molecule has 2 aromatic heterocycles. The summed E-state index contributed by atoms with van der Waals surface area (Å²) in [6.45, 7) is -0.113. The number of nitro groups is 1. The molecule has 0 spiro atoms. The molecule has 0 radical (unpaired) electrons. The Morgan fingerprint density at radius 3 is 2.57 bits per heavy atom. The lowest BCUT2D eigenvalue weighted by atomic mass is 10.2. The van der Waals surface area contributed by atoms with Gasteiger partial charge in [-0.1, -0.05) is 11.6 Å². The molecule has 1 aromatic carbocycles. The largest absolute Gasteiger partial charge is 0.459 e. The fourth-order valence-electron chi connectivity index (χ4n) is 2.57. The van der Waals surface area contributed by atoms with Crippen molar-refractivity contribution in [1.82, 2.24) is 9.47 Å². The van der Waals surface area contributed by atoms with Crippen molar-refractivity contribution in [2.24, 2.45) is 0 Å². The molecule has 9 heteroatoms. The van der Waals surface area contributed by atoms with Gasteiger partial charge in [-0.3, -0.25) is 24.3 Å². The van der Waals surface area contributed by atoms with Crippen LogP contribution in [0.25, 0.3) is 11.3 Å².